The maximum atomic E-state index is 12.7. The highest BCUT2D eigenvalue weighted by atomic mass is 32.1. The van der Waals surface area contributed by atoms with Crippen molar-refractivity contribution in [1.82, 2.24) is 0 Å². The molecule has 0 bridgehead atoms. The summed E-state index contributed by atoms with van der Waals surface area (Å²) < 4.78 is 16.3. The van der Waals surface area contributed by atoms with E-state index in [4.69, 9.17) is 14.2 Å². The maximum absolute atomic E-state index is 12.7. The normalized spacial score (nSPS) is 15.3. The van der Waals surface area contributed by atoms with Crippen molar-refractivity contribution in [3.05, 3.63) is 45.8 Å². The number of hydrogen-bond acceptors (Lipinski definition) is 6. The van der Waals surface area contributed by atoms with Gasteiger partial charge in [-0.2, -0.15) is 0 Å². The highest BCUT2D eigenvalue weighted by Crippen LogP contribution is 2.40. The fourth-order valence-electron chi connectivity index (χ4n) is 3.70. The summed E-state index contributed by atoms with van der Waals surface area (Å²) in [5, 5.41) is 3.46. The summed E-state index contributed by atoms with van der Waals surface area (Å²) in [6.07, 6.45) is 6.86. The number of methoxy groups -OCH3 is 1. The number of thiophene rings is 1. The minimum absolute atomic E-state index is 0.299. The molecular weight excluding hydrogens is 426 g/mol. The standard InChI is InChI=1S/C25H31NO5S/c1-5-13-31-19-11-8-17(15-20(19)29-4)9-12-22(27)26-24-23(25(28)30-6-2)18-10-7-16(3)14-21(18)32-24/h8-9,11-12,15-16H,5-7,10,13-14H2,1-4H3,(H,26,27)/b12-9+. The minimum atomic E-state index is -0.369. The van der Waals surface area contributed by atoms with E-state index < -0.39 is 0 Å². The van der Waals surface area contributed by atoms with E-state index in [0.717, 1.165) is 36.8 Å². The summed E-state index contributed by atoms with van der Waals surface area (Å²) in [7, 11) is 1.59. The van der Waals surface area contributed by atoms with Crippen LogP contribution in [0.15, 0.2) is 24.3 Å². The van der Waals surface area contributed by atoms with Crippen molar-refractivity contribution in [3.63, 3.8) is 0 Å². The van der Waals surface area contributed by atoms with Crippen LogP contribution in [0.3, 0.4) is 0 Å². The number of benzene rings is 1. The highest BCUT2D eigenvalue weighted by Gasteiger charge is 2.28. The summed E-state index contributed by atoms with van der Waals surface area (Å²) in [6, 6.07) is 5.52. The molecule has 1 atom stereocenters. The fraction of sp³-hybridized carbons (Fsp3) is 0.440. The molecule has 32 heavy (non-hydrogen) atoms. The summed E-state index contributed by atoms with van der Waals surface area (Å²) in [5.41, 5.74) is 2.35. The van der Waals surface area contributed by atoms with Crippen LogP contribution in [-0.4, -0.2) is 32.2 Å². The Bertz CT molecular complexity index is 994. The van der Waals surface area contributed by atoms with Crippen LogP contribution in [-0.2, 0) is 22.4 Å². The molecule has 0 fully saturated rings. The lowest BCUT2D eigenvalue weighted by Crippen LogP contribution is -2.15. The number of fused-ring (bicyclic) bond motifs is 1. The second-order valence-corrected chi connectivity index (χ2v) is 8.96. The molecule has 7 heteroatoms. The van der Waals surface area contributed by atoms with E-state index >= 15 is 0 Å². The quantitative estimate of drug-likeness (QED) is 0.398. The molecule has 1 amide bonds. The third kappa shape index (κ3) is 5.71. The van der Waals surface area contributed by atoms with Gasteiger partial charge in [-0.05, 0) is 67.9 Å². The molecule has 0 saturated carbocycles. The Hall–Kier alpha value is -2.80. The van der Waals surface area contributed by atoms with Crippen LogP contribution in [0.25, 0.3) is 6.08 Å². The van der Waals surface area contributed by atoms with Gasteiger partial charge in [0.25, 0.3) is 0 Å². The van der Waals surface area contributed by atoms with Crippen LogP contribution < -0.4 is 14.8 Å². The van der Waals surface area contributed by atoms with Crippen molar-refractivity contribution in [1.29, 1.82) is 0 Å². The lowest BCUT2D eigenvalue weighted by Gasteiger charge is -2.18. The van der Waals surface area contributed by atoms with E-state index in [2.05, 4.69) is 12.2 Å². The molecule has 2 aromatic rings. The van der Waals surface area contributed by atoms with Crippen LogP contribution >= 0.6 is 11.3 Å². The largest absolute Gasteiger partial charge is 0.493 e. The summed E-state index contributed by atoms with van der Waals surface area (Å²) in [4.78, 5) is 26.4. The molecule has 0 radical (unpaired) electrons. The van der Waals surface area contributed by atoms with Crippen LogP contribution in [0.5, 0.6) is 11.5 Å². The van der Waals surface area contributed by atoms with Crippen LogP contribution in [0.2, 0.25) is 0 Å². The molecule has 1 aromatic heterocycles. The predicted molar refractivity (Wildman–Crippen MR) is 128 cm³/mol. The van der Waals surface area contributed by atoms with Gasteiger partial charge in [-0.25, -0.2) is 4.79 Å². The molecule has 172 valence electrons. The van der Waals surface area contributed by atoms with E-state index in [1.165, 1.54) is 22.3 Å². The SMILES string of the molecule is CCCOc1ccc(/C=C/C(=O)Nc2sc3c(c2C(=O)OCC)CCC(C)C3)cc1OC. The van der Waals surface area contributed by atoms with Gasteiger partial charge < -0.3 is 19.5 Å². The average molecular weight is 458 g/mol. The van der Waals surface area contributed by atoms with Gasteiger partial charge in [0.2, 0.25) is 5.91 Å². The Morgan fingerprint density at radius 2 is 2.06 bits per heavy atom. The number of amides is 1. The van der Waals surface area contributed by atoms with E-state index in [0.29, 0.717) is 41.2 Å². The van der Waals surface area contributed by atoms with Crippen molar-refractivity contribution in [2.75, 3.05) is 25.6 Å². The Labute approximate surface area is 193 Å². The Morgan fingerprint density at radius 1 is 1.25 bits per heavy atom. The molecule has 0 saturated heterocycles. The Balaban J connectivity index is 1.77. The number of carbonyl (C=O) groups is 2. The topological polar surface area (TPSA) is 73.9 Å². The van der Waals surface area contributed by atoms with Gasteiger partial charge in [-0.1, -0.05) is 19.9 Å². The number of carbonyl (C=O) groups excluding carboxylic acids is 2. The molecular formula is C25H31NO5S. The van der Waals surface area contributed by atoms with Gasteiger partial charge >= 0.3 is 5.97 Å². The van der Waals surface area contributed by atoms with Crippen molar-refractivity contribution in [3.8, 4) is 11.5 Å². The van der Waals surface area contributed by atoms with Crippen LogP contribution in [0.4, 0.5) is 5.00 Å². The van der Waals surface area contributed by atoms with Crippen molar-refractivity contribution in [2.45, 2.75) is 46.5 Å². The van der Waals surface area contributed by atoms with E-state index in [1.54, 1.807) is 20.1 Å². The number of ether oxygens (including phenoxy) is 3. The summed E-state index contributed by atoms with van der Waals surface area (Å²) in [5.74, 6) is 1.19. The first kappa shape index (κ1) is 23.9. The van der Waals surface area contributed by atoms with Gasteiger partial charge in [0.05, 0.1) is 25.9 Å². The maximum Gasteiger partial charge on any atom is 0.341 e. The number of nitrogens with one attached hydrogen (secondary N) is 1. The fourth-order valence-corrected chi connectivity index (χ4v) is 5.10. The third-order valence-electron chi connectivity index (χ3n) is 5.30. The molecule has 0 aliphatic heterocycles. The first-order valence-corrected chi connectivity index (χ1v) is 11.9. The Kier molecular flexibility index (Phi) is 8.33. The number of anilines is 1. The van der Waals surface area contributed by atoms with E-state index in [-0.39, 0.29) is 11.9 Å². The number of rotatable bonds is 9. The molecule has 3 rings (SSSR count). The van der Waals surface area contributed by atoms with Crippen molar-refractivity contribution in [2.24, 2.45) is 5.92 Å². The first-order chi connectivity index (χ1) is 15.5. The van der Waals surface area contributed by atoms with Gasteiger partial charge in [0.15, 0.2) is 11.5 Å². The second-order valence-electron chi connectivity index (χ2n) is 7.86. The van der Waals surface area contributed by atoms with Crippen molar-refractivity contribution >= 4 is 34.3 Å². The molecule has 1 N–H and O–H groups in total. The second kappa shape index (κ2) is 11.2. The van der Waals surface area contributed by atoms with Crippen LogP contribution in [0, 0.1) is 5.92 Å². The lowest BCUT2D eigenvalue weighted by atomic mass is 9.88. The molecule has 1 heterocycles. The zero-order chi connectivity index (χ0) is 23.1. The van der Waals surface area contributed by atoms with Gasteiger partial charge in [0, 0.05) is 11.0 Å². The minimum Gasteiger partial charge on any atom is -0.493 e. The molecule has 1 aromatic carbocycles. The van der Waals surface area contributed by atoms with Gasteiger partial charge in [0.1, 0.15) is 5.00 Å². The zero-order valence-corrected chi connectivity index (χ0v) is 20.0. The van der Waals surface area contributed by atoms with E-state index in [1.807, 2.05) is 25.1 Å². The number of esters is 1. The lowest BCUT2D eigenvalue weighted by molar-refractivity contribution is -0.111. The highest BCUT2D eigenvalue weighted by molar-refractivity contribution is 7.17. The zero-order valence-electron chi connectivity index (χ0n) is 19.2. The summed E-state index contributed by atoms with van der Waals surface area (Å²) in [6.45, 7) is 6.94. The Morgan fingerprint density at radius 3 is 2.78 bits per heavy atom. The molecule has 6 nitrogen and oxygen atoms in total. The first-order valence-electron chi connectivity index (χ1n) is 11.1. The average Bonchev–Trinajstić information content (AvgIpc) is 3.13. The molecule has 1 aliphatic carbocycles. The molecule has 0 spiro atoms. The molecule has 1 unspecified atom stereocenters. The van der Waals surface area contributed by atoms with E-state index in [9.17, 15) is 9.59 Å². The summed E-state index contributed by atoms with van der Waals surface area (Å²) >= 11 is 1.48. The van der Waals surface area contributed by atoms with Gasteiger partial charge in [-0.15, -0.1) is 11.3 Å². The third-order valence-corrected chi connectivity index (χ3v) is 6.47. The van der Waals surface area contributed by atoms with Crippen LogP contribution in [0.1, 0.15) is 60.0 Å². The predicted octanol–water partition coefficient (Wildman–Crippen LogP) is 5.50. The monoisotopic (exact) mass is 457 g/mol. The van der Waals surface area contributed by atoms with Gasteiger partial charge in [-0.3, -0.25) is 4.79 Å². The number of hydrogen-bond donors (Lipinski definition) is 1. The smallest absolute Gasteiger partial charge is 0.341 e. The van der Waals surface area contributed by atoms with Crippen molar-refractivity contribution < 1.29 is 23.8 Å². The molecule has 1 aliphatic rings.